The zero-order valence-corrected chi connectivity index (χ0v) is 15.6. The van der Waals surface area contributed by atoms with Crippen LogP contribution in [0, 0.1) is 5.92 Å². The van der Waals surface area contributed by atoms with Gasteiger partial charge in [0.2, 0.25) is 0 Å². The third kappa shape index (κ3) is 1.75. The van der Waals surface area contributed by atoms with Crippen molar-refractivity contribution in [1.29, 1.82) is 0 Å². The Bertz CT molecular complexity index is 853. The number of nitrogens with zero attached hydrogens (tertiary/aromatic N) is 1. The van der Waals surface area contributed by atoms with Gasteiger partial charge in [0.05, 0.1) is 5.41 Å². The minimum Gasteiger partial charge on any atom is -0.504 e. The zero-order chi connectivity index (χ0) is 18.6. The standard InChI is InChI=1S/C21H26N2O4/c1-22-13-6-7-21(26)18-16(25)12-4-5-14(24)17-15(12)20(21,19(13)27-17)8-9-23(18)10-11-2-3-11/h4-5,11,13,18-19,22,24,26H,2-3,6-10H2,1H3/t13?,18-,19?,20+,21-/m1/s1. The fraction of sp³-hybridized carbons (Fsp3) is 0.667. The van der Waals surface area contributed by atoms with Crippen molar-refractivity contribution in [3.05, 3.63) is 23.3 Å². The maximum absolute atomic E-state index is 13.6. The molecule has 3 fully saturated rings. The van der Waals surface area contributed by atoms with Crippen molar-refractivity contribution in [1.82, 2.24) is 10.2 Å². The number of hydrogen-bond acceptors (Lipinski definition) is 6. The van der Waals surface area contributed by atoms with Crippen LogP contribution in [0.25, 0.3) is 0 Å². The van der Waals surface area contributed by atoms with Gasteiger partial charge >= 0.3 is 0 Å². The number of Topliss-reactive ketones (excluding diaryl/α,β-unsaturated/α-hetero) is 1. The zero-order valence-electron chi connectivity index (χ0n) is 15.6. The van der Waals surface area contributed by atoms with Gasteiger partial charge in [0.15, 0.2) is 17.3 Å². The first kappa shape index (κ1) is 16.3. The molecule has 2 bridgehead atoms. The van der Waals surface area contributed by atoms with E-state index < -0.39 is 17.1 Å². The number of likely N-dealkylation sites (N-methyl/N-ethyl adjacent to an activating group) is 1. The van der Waals surface area contributed by atoms with Crippen molar-refractivity contribution in [3.8, 4) is 11.5 Å². The number of nitrogens with one attached hydrogen (secondary N) is 1. The van der Waals surface area contributed by atoms with Crippen molar-refractivity contribution in [2.45, 2.75) is 61.3 Å². The van der Waals surface area contributed by atoms with Gasteiger partial charge in [-0.25, -0.2) is 0 Å². The van der Waals surface area contributed by atoms with Gasteiger partial charge in [-0.05, 0) is 57.2 Å². The van der Waals surface area contributed by atoms with Crippen molar-refractivity contribution < 1.29 is 19.7 Å². The van der Waals surface area contributed by atoms with Gasteiger partial charge in [-0.15, -0.1) is 0 Å². The van der Waals surface area contributed by atoms with Crippen LogP contribution in [-0.2, 0) is 5.41 Å². The summed E-state index contributed by atoms with van der Waals surface area (Å²) in [6.07, 6.45) is 4.27. The maximum Gasteiger partial charge on any atom is 0.183 e. The smallest absolute Gasteiger partial charge is 0.183 e. The molecule has 6 nitrogen and oxygen atoms in total. The molecule has 1 spiro atoms. The normalized spacial score (nSPS) is 42.0. The van der Waals surface area contributed by atoms with Gasteiger partial charge in [-0.3, -0.25) is 9.69 Å². The molecular formula is C21H26N2O4. The summed E-state index contributed by atoms with van der Waals surface area (Å²) in [5.74, 6) is 1.15. The Morgan fingerprint density at radius 2 is 2.11 bits per heavy atom. The average molecular weight is 370 g/mol. The van der Waals surface area contributed by atoms with E-state index in [1.54, 1.807) is 12.1 Å². The number of aromatic hydroxyl groups is 1. The molecule has 2 aliphatic heterocycles. The molecule has 2 saturated carbocycles. The predicted molar refractivity (Wildman–Crippen MR) is 98.3 cm³/mol. The Balaban J connectivity index is 1.60. The first-order valence-electron chi connectivity index (χ1n) is 10.2. The summed E-state index contributed by atoms with van der Waals surface area (Å²) in [5.41, 5.74) is -0.359. The van der Waals surface area contributed by atoms with Gasteiger partial charge in [0.25, 0.3) is 0 Å². The number of aliphatic hydroxyl groups is 1. The minimum atomic E-state index is -1.14. The number of phenols is 1. The van der Waals surface area contributed by atoms with E-state index >= 15 is 0 Å². The van der Waals surface area contributed by atoms with E-state index in [0.717, 1.165) is 31.5 Å². The van der Waals surface area contributed by atoms with Gasteiger partial charge < -0.3 is 20.3 Å². The number of likely N-dealkylation sites (tertiary alicyclic amines) is 1. The Morgan fingerprint density at radius 1 is 1.30 bits per heavy atom. The molecule has 6 rings (SSSR count). The molecule has 5 atom stereocenters. The molecule has 1 aromatic carbocycles. The minimum absolute atomic E-state index is 0.00289. The number of phenolic OH excluding ortho intramolecular Hbond substituents is 1. The molecule has 3 N–H and O–H groups in total. The van der Waals surface area contributed by atoms with E-state index in [1.165, 1.54) is 12.8 Å². The lowest BCUT2D eigenvalue weighted by Gasteiger charge is -2.63. The SMILES string of the molecule is CNC1CC[C@@]2(O)[C@H]3C(=O)c4ccc(O)c5c4[C@@]2(CCN3CC2CC2)C1O5. The van der Waals surface area contributed by atoms with Crippen molar-refractivity contribution in [2.75, 3.05) is 20.1 Å². The van der Waals surface area contributed by atoms with E-state index in [0.29, 0.717) is 23.7 Å². The van der Waals surface area contributed by atoms with E-state index in [1.807, 2.05) is 7.05 Å². The van der Waals surface area contributed by atoms with Crippen LogP contribution >= 0.6 is 0 Å². The summed E-state index contributed by atoms with van der Waals surface area (Å²) in [5, 5.41) is 26.0. The van der Waals surface area contributed by atoms with Crippen LogP contribution in [0.3, 0.4) is 0 Å². The first-order valence-corrected chi connectivity index (χ1v) is 10.2. The van der Waals surface area contributed by atoms with Crippen LogP contribution in [0.4, 0.5) is 0 Å². The maximum atomic E-state index is 13.6. The fourth-order valence-corrected chi connectivity index (χ4v) is 6.62. The second kappa shape index (κ2) is 5.04. The van der Waals surface area contributed by atoms with Crippen molar-refractivity contribution in [3.63, 3.8) is 0 Å². The Kier molecular flexibility index (Phi) is 3.05. The number of ketones is 1. The van der Waals surface area contributed by atoms with Crippen LogP contribution in [0.5, 0.6) is 11.5 Å². The van der Waals surface area contributed by atoms with Crippen LogP contribution in [0.1, 0.15) is 48.0 Å². The fourth-order valence-electron chi connectivity index (χ4n) is 6.62. The molecule has 0 amide bonds. The molecule has 0 aromatic heterocycles. The molecule has 2 unspecified atom stereocenters. The van der Waals surface area contributed by atoms with Gasteiger partial charge in [0.1, 0.15) is 17.7 Å². The van der Waals surface area contributed by atoms with Crippen LogP contribution < -0.4 is 10.1 Å². The molecule has 1 aromatic rings. The third-order valence-corrected chi connectivity index (χ3v) is 7.97. The summed E-state index contributed by atoms with van der Waals surface area (Å²) < 4.78 is 6.31. The van der Waals surface area contributed by atoms with Crippen LogP contribution in [-0.4, -0.2) is 64.8 Å². The average Bonchev–Trinajstić information content (AvgIpc) is 3.39. The summed E-state index contributed by atoms with van der Waals surface area (Å²) in [6.45, 7) is 1.69. The summed E-state index contributed by atoms with van der Waals surface area (Å²) >= 11 is 0. The highest BCUT2D eigenvalue weighted by Gasteiger charge is 2.74. The number of benzene rings is 1. The van der Waals surface area contributed by atoms with Crippen LogP contribution in [0.15, 0.2) is 12.1 Å². The van der Waals surface area contributed by atoms with E-state index in [2.05, 4.69) is 10.2 Å². The van der Waals surface area contributed by atoms with Crippen LogP contribution in [0.2, 0.25) is 0 Å². The number of carbonyl (C=O) groups is 1. The molecule has 3 aliphatic carbocycles. The second-order valence-electron chi connectivity index (χ2n) is 9.16. The highest BCUT2D eigenvalue weighted by molar-refractivity contribution is 6.06. The Hall–Kier alpha value is -1.63. The lowest BCUT2D eigenvalue weighted by Crippen LogP contribution is -2.79. The van der Waals surface area contributed by atoms with Gasteiger partial charge in [-0.1, -0.05) is 0 Å². The van der Waals surface area contributed by atoms with E-state index in [-0.39, 0.29) is 23.7 Å². The predicted octanol–water partition coefficient (Wildman–Crippen LogP) is 1.18. The van der Waals surface area contributed by atoms with Gasteiger partial charge in [0, 0.05) is 30.3 Å². The Labute approximate surface area is 158 Å². The molecule has 27 heavy (non-hydrogen) atoms. The lowest BCUT2D eigenvalue weighted by molar-refractivity contribution is -0.177. The number of carbonyl (C=O) groups excluding carboxylic acids is 1. The molecule has 5 aliphatic rings. The van der Waals surface area contributed by atoms with E-state index in [9.17, 15) is 15.0 Å². The highest BCUT2D eigenvalue weighted by Crippen LogP contribution is 2.65. The lowest BCUT2D eigenvalue weighted by atomic mass is 9.48. The number of hydrogen-bond donors (Lipinski definition) is 3. The molecule has 0 radical (unpaired) electrons. The quantitative estimate of drug-likeness (QED) is 0.741. The van der Waals surface area contributed by atoms with Crippen molar-refractivity contribution in [2.24, 2.45) is 5.92 Å². The van der Waals surface area contributed by atoms with Gasteiger partial charge in [-0.2, -0.15) is 0 Å². The largest absolute Gasteiger partial charge is 0.504 e. The Morgan fingerprint density at radius 3 is 2.85 bits per heavy atom. The molecular weight excluding hydrogens is 344 g/mol. The monoisotopic (exact) mass is 370 g/mol. The number of rotatable bonds is 3. The molecule has 6 heteroatoms. The summed E-state index contributed by atoms with van der Waals surface area (Å²) in [6, 6.07) is 2.90. The second-order valence-corrected chi connectivity index (χ2v) is 9.16. The molecule has 144 valence electrons. The number of ether oxygens (including phenoxy) is 1. The molecule has 2 heterocycles. The topological polar surface area (TPSA) is 82.0 Å². The first-order chi connectivity index (χ1) is 13.0. The number of piperidine rings is 1. The van der Waals surface area contributed by atoms with E-state index in [4.69, 9.17) is 4.74 Å². The third-order valence-electron chi connectivity index (χ3n) is 7.97. The van der Waals surface area contributed by atoms with Crippen molar-refractivity contribution >= 4 is 5.78 Å². The molecule has 1 saturated heterocycles. The summed E-state index contributed by atoms with van der Waals surface area (Å²) in [4.78, 5) is 15.8. The highest BCUT2D eigenvalue weighted by atomic mass is 16.5. The summed E-state index contributed by atoms with van der Waals surface area (Å²) in [7, 11) is 1.92.